The number of nitrogens with one attached hydrogen (secondary N) is 2. The molecule has 0 unspecified atom stereocenters. The lowest BCUT2D eigenvalue weighted by atomic mass is 10.2. The maximum Gasteiger partial charge on any atom is 0.243 e. The zero-order valence-electron chi connectivity index (χ0n) is 14.0. The van der Waals surface area contributed by atoms with E-state index in [2.05, 4.69) is 39.6 Å². The molecule has 1 saturated heterocycles. The average Bonchev–Trinajstić information content (AvgIpc) is 2.62. The van der Waals surface area contributed by atoms with E-state index in [9.17, 15) is 4.79 Å². The number of rotatable bonds is 5. The van der Waals surface area contributed by atoms with Crippen LogP contribution in [0.15, 0.2) is 54.6 Å². The van der Waals surface area contributed by atoms with E-state index in [1.54, 1.807) is 0 Å². The lowest BCUT2D eigenvalue weighted by molar-refractivity contribution is -0.114. The van der Waals surface area contributed by atoms with Gasteiger partial charge >= 0.3 is 0 Å². The quantitative estimate of drug-likeness (QED) is 0.887. The van der Waals surface area contributed by atoms with Crippen LogP contribution in [0.3, 0.4) is 0 Å². The van der Waals surface area contributed by atoms with Gasteiger partial charge in [-0.25, -0.2) is 0 Å². The molecular formula is C19H24N4O. The van der Waals surface area contributed by atoms with Crippen molar-refractivity contribution in [2.75, 3.05) is 55.3 Å². The third-order valence-electron chi connectivity index (χ3n) is 4.25. The monoisotopic (exact) mass is 324 g/mol. The van der Waals surface area contributed by atoms with Crippen LogP contribution in [0.25, 0.3) is 0 Å². The Hall–Kier alpha value is -2.53. The molecule has 0 saturated carbocycles. The number of carbonyl (C=O) groups is 1. The van der Waals surface area contributed by atoms with Crippen LogP contribution in [-0.4, -0.2) is 50.6 Å². The zero-order chi connectivity index (χ0) is 16.8. The van der Waals surface area contributed by atoms with Gasteiger partial charge < -0.3 is 20.4 Å². The molecule has 3 rings (SSSR count). The first-order valence-corrected chi connectivity index (χ1v) is 8.33. The Labute approximate surface area is 143 Å². The van der Waals surface area contributed by atoms with Gasteiger partial charge in [0.1, 0.15) is 0 Å². The van der Waals surface area contributed by atoms with E-state index in [0.717, 1.165) is 37.6 Å². The Kier molecular flexibility index (Phi) is 5.33. The van der Waals surface area contributed by atoms with Crippen molar-refractivity contribution in [3.8, 4) is 0 Å². The van der Waals surface area contributed by atoms with Crippen molar-refractivity contribution in [1.82, 2.24) is 4.90 Å². The van der Waals surface area contributed by atoms with Gasteiger partial charge in [-0.15, -0.1) is 0 Å². The molecule has 1 fully saturated rings. The van der Waals surface area contributed by atoms with Crippen molar-refractivity contribution in [3.63, 3.8) is 0 Å². The third-order valence-corrected chi connectivity index (χ3v) is 4.25. The Balaban J connectivity index is 1.48. The van der Waals surface area contributed by atoms with Crippen LogP contribution in [0.1, 0.15) is 0 Å². The SMILES string of the molecule is CN1CCN(c2ccc(NCC(=O)Nc3ccccc3)cc2)CC1. The molecule has 0 atom stereocenters. The number of hydrogen-bond acceptors (Lipinski definition) is 4. The molecule has 126 valence electrons. The summed E-state index contributed by atoms with van der Waals surface area (Å²) in [5.74, 6) is -0.0515. The second-order valence-corrected chi connectivity index (χ2v) is 6.10. The van der Waals surface area contributed by atoms with Gasteiger partial charge in [-0.3, -0.25) is 4.79 Å². The number of anilines is 3. The highest BCUT2D eigenvalue weighted by Crippen LogP contribution is 2.19. The van der Waals surface area contributed by atoms with E-state index < -0.39 is 0 Å². The standard InChI is InChI=1S/C19H24N4O/c1-22-11-13-23(14-12-22)18-9-7-16(8-10-18)20-15-19(24)21-17-5-3-2-4-6-17/h2-10,20H,11-15H2,1H3,(H,21,24). The van der Waals surface area contributed by atoms with Crippen LogP contribution >= 0.6 is 0 Å². The second-order valence-electron chi connectivity index (χ2n) is 6.10. The predicted octanol–water partition coefficient (Wildman–Crippen LogP) is 2.49. The Bertz CT molecular complexity index is 649. The first-order valence-electron chi connectivity index (χ1n) is 8.33. The van der Waals surface area contributed by atoms with E-state index in [0.29, 0.717) is 0 Å². The summed E-state index contributed by atoms with van der Waals surface area (Å²) in [6.07, 6.45) is 0. The minimum Gasteiger partial charge on any atom is -0.376 e. The van der Waals surface area contributed by atoms with Gasteiger partial charge in [0.05, 0.1) is 6.54 Å². The van der Waals surface area contributed by atoms with E-state index in [4.69, 9.17) is 0 Å². The number of para-hydroxylation sites is 1. The summed E-state index contributed by atoms with van der Waals surface area (Å²) in [4.78, 5) is 16.7. The molecule has 1 aliphatic rings. The topological polar surface area (TPSA) is 47.6 Å². The van der Waals surface area contributed by atoms with Crippen molar-refractivity contribution < 1.29 is 4.79 Å². The van der Waals surface area contributed by atoms with Crippen LogP contribution < -0.4 is 15.5 Å². The molecular weight excluding hydrogens is 300 g/mol. The Morgan fingerprint density at radius 2 is 1.58 bits per heavy atom. The normalized spacial score (nSPS) is 15.1. The minimum atomic E-state index is -0.0515. The van der Waals surface area contributed by atoms with Gasteiger partial charge in [-0.05, 0) is 43.4 Å². The molecule has 5 nitrogen and oxygen atoms in total. The van der Waals surface area contributed by atoms with E-state index in [-0.39, 0.29) is 12.5 Å². The first-order chi connectivity index (χ1) is 11.7. The van der Waals surface area contributed by atoms with Gasteiger partial charge in [-0.1, -0.05) is 18.2 Å². The largest absolute Gasteiger partial charge is 0.376 e. The summed E-state index contributed by atoms with van der Waals surface area (Å²) in [7, 11) is 2.16. The van der Waals surface area contributed by atoms with Crippen molar-refractivity contribution in [2.45, 2.75) is 0 Å². The van der Waals surface area contributed by atoms with Gasteiger partial charge in [0.15, 0.2) is 0 Å². The number of hydrogen-bond donors (Lipinski definition) is 2. The number of nitrogens with zero attached hydrogens (tertiary/aromatic N) is 2. The van der Waals surface area contributed by atoms with E-state index >= 15 is 0 Å². The summed E-state index contributed by atoms with van der Waals surface area (Å²) in [5, 5.41) is 6.03. The number of amides is 1. The molecule has 0 radical (unpaired) electrons. The number of piperazine rings is 1. The summed E-state index contributed by atoms with van der Waals surface area (Å²) in [5.41, 5.74) is 3.01. The maximum absolute atomic E-state index is 11.9. The van der Waals surface area contributed by atoms with Gasteiger partial charge in [-0.2, -0.15) is 0 Å². The molecule has 0 bridgehead atoms. The molecule has 0 aromatic heterocycles. The number of carbonyl (C=O) groups excluding carboxylic acids is 1. The maximum atomic E-state index is 11.9. The van der Waals surface area contributed by atoms with Gasteiger partial charge in [0, 0.05) is 43.2 Å². The first kappa shape index (κ1) is 16.3. The highest BCUT2D eigenvalue weighted by atomic mass is 16.1. The van der Waals surface area contributed by atoms with Gasteiger partial charge in [0.2, 0.25) is 5.91 Å². The molecule has 0 spiro atoms. The van der Waals surface area contributed by atoms with Crippen molar-refractivity contribution in [1.29, 1.82) is 0 Å². The van der Waals surface area contributed by atoms with E-state index in [1.807, 2.05) is 42.5 Å². The molecule has 0 aliphatic carbocycles. The fraction of sp³-hybridized carbons (Fsp3) is 0.316. The Morgan fingerprint density at radius 1 is 0.917 bits per heavy atom. The van der Waals surface area contributed by atoms with Crippen LogP contribution in [-0.2, 0) is 4.79 Å². The molecule has 2 N–H and O–H groups in total. The van der Waals surface area contributed by atoms with E-state index in [1.165, 1.54) is 5.69 Å². The smallest absolute Gasteiger partial charge is 0.243 e. The lowest BCUT2D eigenvalue weighted by Crippen LogP contribution is -2.44. The van der Waals surface area contributed by atoms with Crippen molar-refractivity contribution in [2.24, 2.45) is 0 Å². The summed E-state index contributed by atoms with van der Waals surface area (Å²) < 4.78 is 0. The Morgan fingerprint density at radius 3 is 2.25 bits per heavy atom. The van der Waals surface area contributed by atoms with Crippen LogP contribution in [0.5, 0.6) is 0 Å². The van der Waals surface area contributed by atoms with Crippen LogP contribution in [0.2, 0.25) is 0 Å². The highest BCUT2D eigenvalue weighted by molar-refractivity contribution is 5.93. The third kappa shape index (κ3) is 4.49. The van der Waals surface area contributed by atoms with Crippen molar-refractivity contribution in [3.05, 3.63) is 54.6 Å². The predicted molar refractivity (Wildman–Crippen MR) is 99.7 cm³/mol. The second kappa shape index (κ2) is 7.84. The fourth-order valence-corrected chi connectivity index (χ4v) is 2.76. The highest BCUT2D eigenvalue weighted by Gasteiger charge is 2.13. The summed E-state index contributed by atoms with van der Waals surface area (Å²) in [6, 6.07) is 17.8. The summed E-state index contributed by atoms with van der Waals surface area (Å²) in [6.45, 7) is 4.56. The molecule has 5 heteroatoms. The number of benzene rings is 2. The summed E-state index contributed by atoms with van der Waals surface area (Å²) >= 11 is 0. The molecule has 1 amide bonds. The molecule has 2 aromatic carbocycles. The molecule has 1 heterocycles. The van der Waals surface area contributed by atoms with Gasteiger partial charge in [0.25, 0.3) is 0 Å². The number of likely N-dealkylation sites (N-methyl/N-ethyl adjacent to an activating group) is 1. The lowest BCUT2D eigenvalue weighted by Gasteiger charge is -2.34. The molecule has 1 aliphatic heterocycles. The zero-order valence-corrected chi connectivity index (χ0v) is 14.0. The fourth-order valence-electron chi connectivity index (χ4n) is 2.76. The van der Waals surface area contributed by atoms with Crippen LogP contribution in [0, 0.1) is 0 Å². The van der Waals surface area contributed by atoms with Crippen LogP contribution in [0.4, 0.5) is 17.1 Å². The molecule has 24 heavy (non-hydrogen) atoms. The van der Waals surface area contributed by atoms with Crippen molar-refractivity contribution >= 4 is 23.0 Å². The minimum absolute atomic E-state index is 0.0515. The molecule has 2 aromatic rings. The average molecular weight is 324 g/mol.